The van der Waals surface area contributed by atoms with Gasteiger partial charge in [-0.1, -0.05) is 15.9 Å². The zero-order valence-electron chi connectivity index (χ0n) is 11.0. The number of piperazine rings is 1. The third kappa shape index (κ3) is 2.96. The highest BCUT2D eigenvalue weighted by atomic mass is 79.9. The molecule has 1 aromatic carbocycles. The fourth-order valence-electron chi connectivity index (χ4n) is 2.68. The van der Waals surface area contributed by atoms with Crippen LogP contribution in [0.5, 0.6) is 0 Å². The molecule has 3 rings (SSSR count). The Morgan fingerprint density at radius 1 is 1.25 bits per heavy atom. The molecule has 106 valence electrons. The molecule has 1 aliphatic heterocycles. The summed E-state index contributed by atoms with van der Waals surface area (Å²) >= 11 is 5.12. The molecule has 2 aromatic rings. The summed E-state index contributed by atoms with van der Waals surface area (Å²) in [5, 5.41) is 7.52. The second kappa shape index (κ2) is 6.35. The largest absolute Gasteiger partial charge is 0.314 e. The molecular weight excluding hydrogens is 339 g/mol. The average molecular weight is 355 g/mol. The van der Waals surface area contributed by atoms with Crippen LogP contribution in [0.25, 0.3) is 0 Å². The van der Waals surface area contributed by atoms with Crippen LogP contribution in [0, 0.1) is 5.82 Å². The van der Waals surface area contributed by atoms with Crippen molar-refractivity contribution >= 4 is 27.3 Å². The first-order chi connectivity index (χ1) is 9.75. The summed E-state index contributed by atoms with van der Waals surface area (Å²) in [6.45, 7) is 3.78. The van der Waals surface area contributed by atoms with Gasteiger partial charge in [-0.2, -0.15) is 11.3 Å². The van der Waals surface area contributed by atoms with Crippen LogP contribution in [-0.2, 0) is 0 Å². The van der Waals surface area contributed by atoms with E-state index in [9.17, 15) is 4.39 Å². The highest BCUT2D eigenvalue weighted by Crippen LogP contribution is 2.33. The number of hydrogen-bond acceptors (Lipinski definition) is 3. The van der Waals surface area contributed by atoms with Crippen LogP contribution in [0.3, 0.4) is 0 Å². The molecule has 1 fully saturated rings. The third-order valence-corrected chi connectivity index (χ3v) is 4.82. The first-order valence-corrected chi connectivity index (χ1v) is 8.41. The fraction of sp³-hybridized carbons (Fsp3) is 0.333. The molecule has 0 saturated carbocycles. The van der Waals surface area contributed by atoms with Crippen molar-refractivity contribution < 1.29 is 4.39 Å². The maximum absolute atomic E-state index is 14.3. The van der Waals surface area contributed by atoms with E-state index in [1.807, 2.05) is 6.07 Å². The first-order valence-electron chi connectivity index (χ1n) is 6.67. The molecular formula is C15H16BrFN2S. The molecule has 0 spiro atoms. The molecule has 2 heterocycles. The normalized spacial score (nSPS) is 18.1. The summed E-state index contributed by atoms with van der Waals surface area (Å²) in [5.41, 5.74) is 1.92. The molecule has 0 radical (unpaired) electrons. The molecule has 0 bridgehead atoms. The van der Waals surface area contributed by atoms with Gasteiger partial charge in [0.15, 0.2) is 0 Å². The molecule has 1 saturated heterocycles. The molecule has 1 aliphatic rings. The Bertz CT molecular complexity index is 567. The predicted octanol–water partition coefficient (Wildman–Crippen LogP) is 3.64. The van der Waals surface area contributed by atoms with Gasteiger partial charge in [0.05, 0.1) is 6.04 Å². The zero-order valence-corrected chi connectivity index (χ0v) is 13.4. The van der Waals surface area contributed by atoms with E-state index in [0.717, 1.165) is 36.2 Å². The van der Waals surface area contributed by atoms with E-state index >= 15 is 0 Å². The lowest BCUT2D eigenvalue weighted by atomic mass is 9.98. The minimum absolute atomic E-state index is 0.000787. The summed E-state index contributed by atoms with van der Waals surface area (Å²) in [7, 11) is 0. The van der Waals surface area contributed by atoms with Crippen LogP contribution in [0.15, 0.2) is 39.5 Å². The van der Waals surface area contributed by atoms with Crippen LogP contribution < -0.4 is 5.32 Å². The van der Waals surface area contributed by atoms with Gasteiger partial charge in [0.2, 0.25) is 0 Å². The van der Waals surface area contributed by atoms with E-state index in [-0.39, 0.29) is 11.9 Å². The highest BCUT2D eigenvalue weighted by molar-refractivity contribution is 9.10. The Kier molecular flexibility index (Phi) is 4.51. The standard InChI is InChI=1S/C15H16BrFN2S/c16-12-1-2-14(17)13(9-12)15(11-3-8-20-10-11)19-6-4-18-5-7-19/h1-3,8-10,15,18H,4-7H2/t15-/m1/s1. The van der Waals surface area contributed by atoms with E-state index in [1.165, 1.54) is 5.56 Å². The summed E-state index contributed by atoms with van der Waals surface area (Å²) in [6, 6.07) is 7.29. The van der Waals surface area contributed by atoms with Crippen LogP contribution in [0.4, 0.5) is 4.39 Å². The lowest BCUT2D eigenvalue weighted by Gasteiger charge is -2.35. The van der Waals surface area contributed by atoms with Crippen molar-refractivity contribution in [2.75, 3.05) is 26.2 Å². The number of benzene rings is 1. The molecule has 1 atom stereocenters. The van der Waals surface area contributed by atoms with Gasteiger partial charge in [-0.3, -0.25) is 4.90 Å². The van der Waals surface area contributed by atoms with Gasteiger partial charge in [-0.25, -0.2) is 4.39 Å². The van der Waals surface area contributed by atoms with E-state index in [0.29, 0.717) is 0 Å². The molecule has 2 nitrogen and oxygen atoms in total. The predicted molar refractivity (Wildman–Crippen MR) is 84.7 cm³/mol. The van der Waals surface area contributed by atoms with Crippen LogP contribution >= 0.6 is 27.3 Å². The maximum Gasteiger partial charge on any atom is 0.128 e. The Morgan fingerprint density at radius 3 is 2.75 bits per heavy atom. The average Bonchev–Trinajstić information content (AvgIpc) is 2.98. The number of nitrogens with one attached hydrogen (secondary N) is 1. The third-order valence-electron chi connectivity index (χ3n) is 3.63. The van der Waals surface area contributed by atoms with Gasteiger partial charge >= 0.3 is 0 Å². The number of rotatable bonds is 3. The number of thiophene rings is 1. The topological polar surface area (TPSA) is 15.3 Å². The van der Waals surface area contributed by atoms with Gasteiger partial charge in [-0.15, -0.1) is 0 Å². The Morgan fingerprint density at radius 2 is 2.05 bits per heavy atom. The Hall–Kier alpha value is -0.750. The lowest BCUT2D eigenvalue weighted by Crippen LogP contribution is -2.45. The van der Waals surface area contributed by atoms with Crippen LogP contribution in [-0.4, -0.2) is 31.1 Å². The molecule has 0 unspecified atom stereocenters. The second-order valence-corrected chi connectivity index (χ2v) is 6.61. The van der Waals surface area contributed by atoms with Crippen LogP contribution in [0.2, 0.25) is 0 Å². The fourth-order valence-corrected chi connectivity index (χ4v) is 3.74. The number of nitrogens with zero attached hydrogens (tertiary/aromatic N) is 1. The number of halogens is 2. The Balaban J connectivity index is 2.02. The Labute approximate surface area is 130 Å². The summed E-state index contributed by atoms with van der Waals surface area (Å²) < 4.78 is 15.2. The van der Waals surface area contributed by atoms with Crippen molar-refractivity contribution in [1.29, 1.82) is 0 Å². The van der Waals surface area contributed by atoms with E-state index in [1.54, 1.807) is 23.5 Å². The molecule has 1 N–H and O–H groups in total. The van der Waals surface area contributed by atoms with Crippen LogP contribution in [0.1, 0.15) is 17.2 Å². The minimum atomic E-state index is -0.136. The van der Waals surface area contributed by atoms with Crippen molar-refractivity contribution in [3.8, 4) is 0 Å². The second-order valence-electron chi connectivity index (χ2n) is 4.91. The molecule has 0 amide bonds. The summed E-state index contributed by atoms with van der Waals surface area (Å²) in [4.78, 5) is 2.35. The summed E-state index contributed by atoms with van der Waals surface area (Å²) in [6.07, 6.45) is 0. The molecule has 5 heteroatoms. The smallest absolute Gasteiger partial charge is 0.128 e. The minimum Gasteiger partial charge on any atom is -0.314 e. The lowest BCUT2D eigenvalue weighted by molar-refractivity contribution is 0.195. The quantitative estimate of drug-likeness (QED) is 0.904. The highest BCUT2D eigenvalue weighted by Gasteiger charge is 2.26. The van der Waals surface area contributed by atoms with Gasteiger partial charge in [0.25, 0.3) is 0 Å². The van der Waals surface area contributed by atoms with E-state index in [4.69, 9.17) is 0 Å². The van der Waals surface area contributed by atoms with Crippen molar-refractivity contribution in [3.63, 3.8) is 0 Å². The summed E-state index contributed by atoms with van der Waals surface area (Å²) in [5.74, 6) is -0.136. The van der Waals surface area contributed by atoms with E-state index in [2.05, 4.69) is 43.0 Å². The van der Waals surface area contributed by atoms with Crippen molar-refractivity contribution in [3.05, 3.63) is 56.4 Å². The first kappa shape index (κ1) is 14.2. The van der Waals surface area contributed by atoms with Gasteiger partial charge in [0.1, 0.15) is 5.82 Å². The van der Waals surface area contributed by atoms with Gasteiger partial charge in [-0.05, 0) is 40.6 Å². The maximum atomic E-state index is 14.3. The zero-order chi connectivity index (χ0) is 13.9. The van der Waals surface area contributed by atoms with E-state index < -0.39 is 0 Å². The SMILES string of the molecule is Fc1ccc(Br)cc1[C@@H](c1ccsc1)N1CCNCC1. The van der Waals surface area contributed by atoms with Crippen molar-refractivity contribution in [1.82, 2.24) is 10.2 Å². The molecule has 20 heavy (non-hydrogen) atoms. The van der Waals surface area contributed by atoms with Gasteiger partial charge < -0.3 is 5.32 Å². The van der Waals surface area contributed by atoms with Crippen molar-refractivity contribution in [2.24, 2.45) is 0 Å². The monoisotopic (exact) mass is 354 g/mol. The van der Waals surface area contributed by atoms with Crippen molar-refractivity contribution in [2.45, 2.75) is 6.04 Å². The number of hydrogen-bond donors (Lipinski definition) is 1. The van der Waals surface area contributed by atoms with Gasteiger partial charge in [0, 0.05) is 36.2 Å². The molecule has 1 aromatic heterocycles. The molecule has 0 aliphatic carbocycles.